The Morgan fingerprint density at radius 1 is 1.23 bits per heavy atom. The summed E-state index contributed by atoms with van der Waals surface area (Å²) in [5, 5.41) is 12.4. The number of phenolic OH excluding ortho intramolecular Hbond substituents is 1. The Balaban J connectivity index is 1.83. The van der Waals surface area contributed by atoms with Gasteiger partial charge in [0.15, 0.2) is 6.04 Å². The highest BCUT2D eigenvalue weighted by Gasteiger charge is 2.29. The van der Waals surface area contributed by atoms with Crippen molar-refractivity contribution in [3.05, 3.63) is 24.3 Å². The van der Waals surface area contributed by atoms with Crippen LogP contribution in [0.5, 0.6) is 5.75 Å². The standard InChI is InChI=1S/C17H27N3O2/c1-13(2)12-18-17(22)14(3)19-8-10-20(11-9-19)15-4-6-16(21)7-5-15/h4-7,13-14,21H,8-12H2,1-3H3,(H,18,22)/p+1/t14-/m0/s1. The number of amides is 1. The number of rotatable bonds is 5. The van der Waals surface area contributed by atoms with Gasteiger partial charge in [0.1, 0.15) is 5.75 Å². The zero-order valence-electron chi connectivity index (χ0n) is 13.8. The fourth-order valence-corrected chi connectivity index (χ4v) is 2.79. The van der Waals surface area contributed by atoms with Gasteiger partial charge in [-0.3, -0.25) is 4.79 Å². The fourth-order valence-electron chi connectivity index (χ4n) is 2.79. The molecule has 1 aliphatic heterocycles. The van der Waals surface area contributed by atoms with Crippen LogP contribution in [0.3, 0.4) is 0 Å². The first kappa shape index (κ1) is 16.6. The number of phenols is 1. The molecule has 1 fully saturated rings. The number of benzene rings is 1. The van der Waals surface area contributed by atoms with Crippen LogP contribution < -0.4 is 15.1 Å². The SMILES string of the molecule is CC(C)CNC(=O)[C@H](C)[NH+]1CCN(c2ccc(O)cc2)CC1. The summed E-state index contributed by atoms with van der Waals surface area (Å²) >= 11 is 0. The molecule has 1 aromatic rings. The Hall–Kier alpha value is -1.75. The van der Waals surface area contributed by atoms with Crippen LogP contribution in [0.2, 0.25) is 0 Å². The minimum atomic E-state index is 0.000665. The summed E-state index contributed by atoms with van der Waals surface area (Å²) in [5.74, 6) is 0.933. The van der Waals surface area contributed by atoms with Gasteiger partial charge in [-0.2, -0.15) is 0 Å². The zero-order chi connectivity index (χ0) is 16.1. The van der Waals surface area contributed by atoms with Gasteiger partial charge in [-0.05, 0) is 37.1 Å². The molecule has 0 bridgehead atoms. The van der Waals surface area contributed by atoms with Gasteiger partial charge in [0.05, 0.1) is 26.2 Å². The first-order valence-electron chi connectivity index (χ1n) is 8.13. The smallest absolute Gasteiger partial charge is 0.278 e. The van der Waals surface area contributed by atoms with Gasteiger partial charge >= 0.3 is 0 Å². The minimum Gasteiger partial charge on any atom is -0.508 e. The molecule has 0 saturated carbocycles. The predicted molar refractivity (Wildman–Crippen MR) is 88.3 cm³/mol. The largest absolute Gasteiger partial charge is 0.508 e. The molecule has 5 nitrogen and oxygen atoms in total. The van der Waals surface area contributed by atoms with E-state index in [-0.39, 0.29) is 11.9 Å². The summed E-state index contributed by atoms with van der Waals surface area (Å²) in [6, 6.07) is 7.33. The van der Waals surface area contributed by atoms with Crippen LogP contribution in [-0.2, 0) is 4.79 Å². The second-order valence-corrected chi connectivity index (χ2v) is 6.52. The van der Waals surface area contributed by atoms with Crippen LogP contribution in [0.1, 0.15) is 20.8 Å². The van der Waals surface area contributed by atoms with Crippen molar-refractivity contribution in [3.63, 3.8) is 0 Å². The van der Waals surface area contributed by atoms with Crippen LogP contribution in [0, 0.1) is 5.92 Å². The molecule has 0 unspecified atom stereocenters. The van der Waals surface area contributed by atoms with Gasteiger partial charge in [-0.25, -0.2) is 0 Å². The Morgan fingerprint density at radius 3 is 2.36 bits per heavy atom. The molecule has 1 aromatic carbocycles. The topological polar surface area (TPSA) is 57.0 Å². The average molecular weight is 306 g/mol. The summed E-state index contributed by atoms with van der Waals surface area (Å²) in [6.07, 6.45) is 0. The maximum Gasteiger partial charge on any atom is 0.278 e. The number of quaternary nitrogens is 1. The third-order valence-electron chi connectivity index (χ3n) is 4.31. The lowest BCUT2D eigenvalue weighted by Gasteiger charge is -2.36. The van der Waals surface area contributed by atoms with E-state index < -0.39 is 0 Å². The van der Waals surface area contributed by atoms with Gasteiger partial charge in [0.25, 0.3) is 5.91 Å². The quantitative estimate of drug-likeness (QED) is 0.731. The Morgan fingerprint density at radius 2 is 1.82 bits per heavy atom. The summed E-state index contributed by atoms with van der Waals surface area (Å²) in [4.78, 5) is 15.8. The van der Waals surface area contributed by atoms with E-state index in [0.29, 0.717) is 11.7 Å². The van der Waals surface area contributed by atoms with Crippen LogP contribution in [0.4, 0.5) is 5.69 Å². The molecule has 3 N–H and O–H groups in total. The lowest BCUT2D eigenvalue weighted by atomic mass is 10.1. The molecule has 2 rings (SSSR count). The van der Waals surface area contributed by atoms with E-state index in [2.05, 4.69) is 24.1 Å². The van der Waals surface area contributed by atoms with Crippen molar-refractivity contribution < 1.29 is 14.8 Å². The molecule has 1 saturated heterocycles. The molecule has 1 amide bonds. The van der Waals surface area contributed by atoms with E-state index in [1.54, 1.807) is 12.1 Å². The molecule has 22 heavy (non-hydrogen) atoms. The van der Waals surface area contributed by atoms with E-state index in [1.807, 2.05) is 19.1 Å². The number of anilines is 1. The van der Waals surface area contributed by atoms with Crippen LogP contribution in [0.25, 0.3) is 0 Å². The van der Waals surface area contributed by atoms with Crippen molar-refractivity contribution in [2.45, 2.75) is 26.8 Å². The number of hydrogen-bond donors (Lipinski definition) is 3. The van der Waals surface area contributed by atoms with Crippen molar-refractivity contribution in [1.29, 1.82) is 0 Å². The second kappa shape index (κ2) is 7.49. The van der Waals surface area contributed by atoms with Gasteiger partial charge in [0.2, 0.25) is 0 Å². The Bertz CT molecular complexity index is 479. The van der Waals surface area contributed by atoms with Crippen LogP contribution in [-0.4, -0.2) is 49.8 Å². The predicted octanol–water partition coefficient (Wildman–Crippen LogP) is 0.258. The molecule has 122 valence electrons. The summed E-state index contributed by atoms with van der Waals surface area (Å²) in [6.45, 7) is 10.7. The van der Waals surface area contributed by atoms with Gasteiger partial charge in [-0.15, -0.1) is 0 Å². The molecule has 1 atom stereocenters. The lowest BCUT2D eigenvalue weighted by Crippen LogP contribution is -3.19. The summed E-state index contributed by atoms with van der Waals surface area (Å²) in [5.41, 5.74) is 1.13. The lowest BCUT2D eigenvalue weighted by molar-refractivity contribution is -0.914. The minimum absolute atomic E-state index is 0.000665. The van der Waals surface area contributed by atoms with Crippen molar-refractivity contribution in [2.24, 2.45) is 5.92 Å². The molecule has 0 spiro atoms. The highest BCUT2D eigenvalue weighted by Crippen LogP contribution is 2.18. The molecule has 1 aliphatic rings. The van der Waals surface area contributed by atoms with E-state index in [1.165, 1.54) is 4.90 Å². The van der Waals surface area contributed by atoms with Gasteiger partial charge in [-0.1, -0.05) is 13.8 Å². The van der Waals surface area contributed by atoms with Gasteiger partial charge in [0, 0.05) is 12.2 Å². The normalized spacial score (nSPS) is 17.5. The third-order valence-corrected chi connectivity index (χ3v) is 4.31. The number of nitrogens with zero attached hydrogens (tertiary/aromatic N) is 1. The molecule has 5 heteroatoms. The van der Waals surface area contributed by atoms with E-state index >= 15 is 0 Å². The second-order valence-electron chi connectivity index (χ2n) is 6.52. The number of carbonyl (C=O) groups is 1. The third kappa shape index (κ3) is 4.37. The number of nitrogens with one attached hydrogen (secondary N) is 2. The zero-order valence-corrected chi connectivity index (χ0v) is 13.8. The van der Waals surface area contributed by atoms with E-state index in [9.17, 15) is 9.90 Å². The fraction of sp³-hybridized carbons (Fsp3) is 0.588. The van der Waals surface area contributed by atoms with Crippen LogP contribution >= 0.6 is 0 Å². The van der Waals surface area contributed by atoms with E-state index in [0.717, 1.165) is 38.4 Å². The number of aromatic hydroxyl groups is 1. The highest BCUT2D eigenvalue weighted by molar-refractivity contribution is 5.79. The van der Waals surface area contributed by atoms with E-state index in [4.69, 9.17) is 0 Å². The van der Waals surface area contributed by atoms with Crippen molar-refractivity contribution >= 4 is 11.6 Å². The maximum atomic E-state index is 12.2. The molecular weight excluding hydrogens is 278 g/mol. The molecule has 0 aliphatic carbocycles. The van der Waals surface area contributed by atoms with Crippen molar-refractivity contribution in [2.75, 3.05) is 37.6 Å². The first-order chi connectivity index (χ1) is 10.5. The van der Waals surface area contributed by atoms with Gasteiger partial charge < -0.3 is 20.2 Å². The van der Waals surface area contributed by atoms with Crippen LogP contribution in [0.15, 0.2) is 24.3 Å². The number of carbonyl (C=O) groups excluding carboxylic acids is 1. The molecule has 1 heterocycles. The molecule has 0 radical (unpaired) electrons. The number of hydrogen-bond acceptors (Lipinski definition) is 3. The van der Waals surface area contributed by atoms with Crippen molar-refractivity contribution in [1.82, 2.24) is 5.32 Å². The summed E-state index contributed by atoms with van der Waals surface area (Å²) in [7, 11) is 0. The highest BCUT2D eigenvalue weighted by atomic mass is 16.3. The van der Waals surface area contributed by atoms with Crippen molar-refractivity contribution in [3.8, 4) is 5.75 Å². The number of piperazine rings is 1. The maximum absolute atomic E-state index is 12.2. The summed E-state index contributed by atoms with van der Waals surface area (Å²) < 4.78 is 0. The molecule has 0 aromatic heterocycles. The average Bonchev–Trinajstić information content (AvgIpc) is 2.53. The Labute approximate surface area is 132 Å². The Kier molecular flexibility index (Phi) is 5.66. The molecular formula is C17H28N3O2+. The monoisotopic (exact) mass is 306 g/mol. The first-order valence-corrected chi connectivity index (χ1v) is 8.13.